The Morgan fingerprint density at radius 2 is 1.52 bits per heavy atom. The summed E-state index contributed by atoms with van der Waals surface area (Å²) in [6, 6.07) is 7.90. The lowest BCUT2D eigenvalue weighted by atomic mass is 9.79. The molecule has 0 bridgehead atoms. The molecule has 2 aliphatic rings. The van der Waals surface area contributed by atoms with Crippen LogP contribution in [-0.4, -0.2) is 11.4 Å². The molecule has 27 heavy (non-hydrogen) atoms. The molecule has 4 rings (SSSR count). The highest BCUT2D eigenvalue weighted by molar-refractivity contribution is 6.09. The highest BCUT2D eigenvalue weighted by Crippen LogP contribution is 2.40. The normalized spacial score (nSPS) is 19.5. The van der Waals surface area contributed by atoms with E-state index in [1.54, 1.807) is 0 Å². The number of aryl methyl sites for hydroxylation is 2. The van der Waals surface area contributed by atoms with Gasteiger partial charge in [0.25, 0.3) is 0 Å². The Morgan fingerprint density at radius 1 is 0.889 bits per heavy atom. The predicted molar refractivity (Wildman–Crippen MR) is 106 cm³/mol. The molecule has 0 radical (unpaired) electrons. The van der Waals surface area contributed by atoms with Crippen molar-refractivity contribution in [2.24, 2.45) is 4.99 Å². The molecule has 3 nitrogen and oxygen atoms in total. The number of rotatable bonds is 2. The summed E-state index contributed by atoms with van der Waals surface area (Å²) in [5.74, 6) is -0.255. The number of halogens is 2. The van der Waals surface area contributed by atoms with Crippen molar-refractivity contribution in [2.45, 2.75) is 58.0 Å². The van der Waals surface area contributed by atoms with Gasteiger partial charge in [0.1, 0.15) is 17.5 Å². The molecule has 1 spiro atoms. The molecular weight excluding hydrogens is 344 g/mol. The molecule has 0 amide bonds. The van der Waals surface area contributed by atoms with Crippen LogP contribution in [0.2, 0.25) is 0 Å². The van der Waals surface area contributed by atoms with Gasteiger partial charge in [-0.05, 0) is 67.6 Å². The predicted octanol–water partition coefficient (Wildman–Crippen LogP) is 5.72. The summed E-state index contributed by atoms with van der Waals surface area (Å²) >= 11 is 0. The molecule has 5 heteroatoms. The van der Waals surface area contributed by atoms with E-state index in [4.69, 9.17) is 4.99 Å². The minimum absolute atomic E-state index is 0.223. The lowest BCUT2D eigenvalue weighted by molar-refractivity contribution is 0.402. The van der Waals surface area contributed by atoms with Crippen LogP contribution in [0.5, 0.6) is 0 Å². The van der Waals surface area contributed by atoms with E-state index in [9.17, 15) is 8.78 Å². The maximum atomic E-state index is 13.5. The molecule has 0 unspecified atom stereocenters. The van der Waals surface area contributed by atoms with E-state index in [2.05, 4.69) is 36.6 Å². The van der Waals surface area contributed by atoms with Gasteiger partial charge in [-0.25, -0.2) is 8.78 Å². The highest BCUT2D eigenvalue weighted by atomic mass is 19.1. The van der Waals surface area contributed by atoms with Gasteiger partial charge < -0.3 is 10.6 Å². The van der Waals surface area contributed by atoms with E-state index in [0.29, 0.717) is 5.56 Å². The molecule has 0 saturated heterocycles. The van der Waals surface area contributed by atoms with Gasteiger partial charge >= 0.3 is 0 Å². The average molecular weight is 369 g/mol. The lowest BCUT2D eigenvalue weighted by Gasteiger charge is -2.44. The van der Waals surface area contributed by atoms with Crippen molar-refractivity contribution < 1.29 is 8.78 Å². The van der Waals surface area contributed by atoms with E-state index in [1.165, 1.54) is 29.7 Å². The number of nitrogens with zero attached hydrogens (tertiary/aromatic N) is 1. The Kier molecular flexibility index (Phi) is 4.62. The first-order valence-electron chi connectivity index (χ1n) is 9.62. The van der Waals surface area contributed by atoms with Gasteiger partial charge in [0.2, 0.25) is 0 Å². The van der Waals surface area contributed by atoms with Gasteiger partial charge in [0.05, 0.1) is 23.5 Å². The quantitative estimate of drug-likeness (QED) is 0.710. The van der Waals surface area contributed by atoms with Crippen molar-refractivity contribution in [3.8, 4) is 0 Å². The van der Waals surface area contributed by atoms with Crippen LogP contribution < -0.4 is 10.6 Å². The zero-order chi connectivity index (χ0) is 19.0. The summed E-state index contributed by atoms with van der Waals surface area (Å²) in [7, 11) is 0. The van der Waals surface area contributed by atoms with Crippen LogP contribution in [0.4, 0.5) is 20.2 Å². The summed E-state index contributed by atoms with van der Waals surface area (Å²) in [5.41, 5.74) is 4.91. The smallest absolute Gasteiger partial charge is 0.127 e. The average Bonchev–Trinajstić information content (AvgIpc) is 2.62. The summed E-state index contributed by atoms with van der Waals surface area (Å²) in [6.45, 7) is 4.46. The number of hydrogen-bond acceptors (Lipinski definition) is 2. The van der Waals surface area contributed by atoms with Crippen molar-refractivity contribution in [2.75, 3.05) is 10.6 Å². The van der Waals surface area contributed by atoms with Crippen LogP contribution in [-0.2, 0) is 6.54 Å². The summed E-state index contributed by atoms with van der Waals surface area (Å²) < 4.78 is 27.0. The molecular formula is C22H25F2N3. The number of aliphatic imine (C=N–C) groups is 1. The van der Waals surface area contributed by atoms with Gasteiger partial charge in [-0.15, -0.1) is 0 Å². The van der Waals surface area contributed by atoms with Crippen LogP contribution in [0.3, 0.4) is 0 Å². The molecule has 1 heterocycles. The number of fused-ring (bicyclic) bond motifs is 1. The lowest BCUT2D eigenvalue weighted by Crippen LogP contribution is -2.53. The maximum Gasteiger partial charge on any atom is 0.127 e. The van der Waals surface area contributed by atoms with Crippen LogP contribution in [0.1, 0.15) is 48.8 Å². The second-order valence-electron chi connectivity index (χ2n) is 7.82. The molecule has 1 fully saturated rings. The van der Waals surface area contributed by atoms with E-state index >= 15 is 0 Å². The number of anilines is 2. The molecule has 2 aromatic carbocycles. The first-order chi connectivity index (χ1) is 12.9. The minimum atomic E-state index is -0.566. The number of benzene rings is 2. The van der Waals surface area contributed by atoms with Crippen molar-refractivity contribution in [1.82, 2.24) is 0 Å². The topological polar surface area (TPSA) is 36.4 Å². The van der Waals surface area contributed by atoms with Crippen molar-refractivity contribution in [1.29, 1.82) is 0 Å². The zero-order valence-electron chi connectivity index (χ0n) is 15.8. The number of nitrogens with one attached hydrogen (secondary N) is 2. The second-order valence-corrected chi connectivity index (χ2v) is 7.82. The SMILES string of the molecule is Cc1cc2c(cc1C)NC1(CCCCC1)C(=NCc1cc(F)cc(F)c1)N2. The van der Waals surface area contributed by atoms with Gasteiger partial charge in [-0.3, -0.25) is 4.99 Å². The largest absolute Gasteiger partial charge is 0.371 e. The first-order valence-corrected chi connectivity index (χ1v) is 9.62. The summed E-state index contributed by atoms with van der Waals surface area (Å²) in [6.07, 6.45) is 5.52. The number of amidine groups is 1. The molecule has 1 saturated carbocycles. The Bertz CT molecular complexity index is 878. The molecule has 142 valence electrons. The van der Waals surface area contributed by atoms with Gasteiger partial charge in [0.15, 0.2) is 0 Å². The highest BCUT2D eigenvalue weighted by Gasteiger charge is 2.40. The fourth-order valence-electron chi connectivity index (χ4n) is 4.17. The third-order valence-electron chi connectivity index (χ3n) is 5.76. The molecule has 0 atom stereocenters. The van der Waals surface area contributed by atoms with Gasteiger partial charge in [-0.2, -0.15) is 0 Å². The van der Waals surface area contributed by atoms with E-state index in [0.717, 1.165) is 49.0 Å². The third-order valence-corrected chi connectivity index (χ3v) is 5.76. The van der Waals surface area contributed by atoms with E-state index < -0.39 is 11.6 Å². The second kappa shape index (κ2) is 6.95. The van der Waals surface area contributed by atoms with Gasteiger partial charge in [0, 0.05) is 6.07 Å². The molecule has 2 N–H and O–H groups in total. The fourth-order valence-corrected chi connectivity index (χ4v) is 4.17. The summed E-state index contributed by atoms with van der Waals surface area (Å²) in [4.78, 5) is 4.77. The standard InChI is InChI=1S/C22H25F2N3/c1-14-8-19-20(9-15(14)2)27-22(6-4-3-5-7-22)21(26-19)25-13-16-10-17(23)12-18(24)11-16/h8-12,27H,3-7,13H2,1-2H3,(H,25,26). The Morgan fingerprint density at radius 3 is 2.19 bits per heavy atom. The van der Waals surface area contributed by atoms with Crippen molar-refractivity contribution in [3.63, 3.8) is 0 Å². The third kappa shape index (κ3) is 3.55. The van der Waals surface area contributed by atoms with E-state index in [1.807, 2.05) is 0 Å². The molecule has 1 aliphatic carbocycles. The number of hydrogen-bond donors (Lipinski definition) is 2. The van der Waals surface area contributed by atoms with Gasteiger partial charge in [-0.1, -0.05) is 19.3 Å². The van der Waals surface area contributed by atoms with Crippen LogP contribution >= 0.6 is 0 Å². The van der Waals surface area contributed by atoms with Crippen LogP contribution in [0.15, 0.2) is 35.3 Å². The molecule has 0 aromatic heterocycles. The monoisotopic (exact) mass is 369 g/mol. The Hall–Kier alpha value is -2.43. The first kappa shape index (κ1) is 18.0. The Labute approximate surface area is 158 Å². The molecule has 1 aliphatic heterocycles. The Balaban J connectivity index is 1.70. The minimum Gasteiger partial charge on any atom is -0.371 e. The molecule has 2 aromatic rings. The van der Waals surface area contributed by atoms with Crippen LogP contribution in [0, 0.1) is 25.5 Å². The van der Waals surface area contributed by atoms with E-state index in [-0.39, 0.29) is 12.1 Å². The van der Waals surface area contributed by atoms with Crippen LogP contribution in [0.25, 0.3) is 0 Å². The summed E-state index contributed by atoms with van der Waals surface area (Å²) in [5, 5.41) is 7.27. The van der Waals surface area contributed by atoms with Crippen molar-refractivity contribution >= 4 is 17.2 Å². The zero-order valence-corrected chi connectivity index (χ0v) is 15.8. The maximum absolute atomic E-state index is 13.5. The fraction of sp³-hybridized carbons (Fsp3) is 0.409. The van der Waals surface area contributed by atoms with Crippen molar-refractivity contribution in [3.05, 3.63) is 58.7 Å².